The van der Waals surface area contributed by atoms with Gasteiger partial charge in [0.05, 0.1) is 5.52 Å². The number of para-hydroxylation sites is 2. The van der Waals surface area contributed by atoms with Crippen molar-refractivity contribution in [2.75, 3.05) is 0 Å². The molecular weight excluding hydrogens is 274 g/mol. The third-order valence-electron chi connectivity index (χ3n) is 3.73. The summed E-state index contributed by atoms with van der Waals surface area (Å²) in [7, 11) is 0. The van der Waals surface area contributed by atoms with Crippen LogP contribution in [0.1, 0.15) is 21.6 Å². The van der Waals surface area contributed by atoms with E-state index in [4.69, 9.17) is 0 Å². The first-order valence-corrected chi connectivity index (χ1v) is 7.12. The van der Waals surface area contributed by atoms with Gasteiger partial charge in [-0.15, -0.1) is 0 Å². The predicted molar refractivity (Wildman–Crippen MR) is 89.3 cm³/mol. The summed E-state index contributed by atoms with van der Waals surface area (Å²) in [6, 6.07) is 14.2. The number of nitrogens with zero attached hydrogens (tertiary/aromatic N) is 1. The van der Waals surface area contributed by atoms with Crippen LogP contribution < -0.4 is 0 Å². The standard InChI is InChI=1S/C9H8N2O.C9H9N/c1-6-3-2-4-7-8(5-12)10-11-9(6)7;1-7-3-2-4-8-5-6-10-9(7)8/h2-5H,1H3,(H,10,11);2-6,10H,1H3. The molecule has 4 nitrogen and oxygen atoms in total. The average molecular weight is 291 g/mol. The molecule has 0 spiro atoms. The third-order valence-corrected chi connectivity index (χ3v) is 3.73. The monoisotopic (exact) mass is 291 g/mol. The van der Waals surface area contributed by atoms with Gasteiger partial charge in [-0.05, 0) is 36.4 Å². The molecule has 2 aromatic heterocycles. The number of carbonyl (C=O) groups is 1. The van der Waals surface area contributed by atoms with E-state index in [1.807, 2.05) is 31.3 Å². The van der Waals surface area contributed by atoms with Gasteiger partial charge >= 0.3 is 0 Å². The van der Waals surface area contributed by atoms with E-state index in [-0.39, 0.29) is 0 Å². The Morgan fingerprint density at radius 1 is 1.00 bits per heavy atom. The molecule has 0 fully saturated rings. The number of hydrogen-bond acceptors (Lipinski definition) is 2. The molecule has 0 unspecified atom stereocenters. The molecule has 0 saturated carbocycles. The first-order valence-electron chi connectivity index (χ1n) is 7.12. The number of aromatic nitrogens is 3. The van der Waals surface area contributed by atoms with Gasteiger partial charge in [0.2, 0.25) is 0 Å². The van der Waals surface area contributed by atoms with Gasteiger partial charge in [-0.25, -0.2) is 0 Å². The molecule has 0 aliphatic rings. The Morgan fingerprint density at radius 2 is 1.77 bits per heavy atom. The fourth-order valence-electron chi connectivity index (χ4n) is 2.53. The van der Waals surface area contributed by atoms with Crippen molar-refractivity contribution in [2.45, 2.75) is 13.8 Å². The maximum absolute atomic E-state index is 10.5. The van der Waals surface area contributed by atoms with Gasteiger partial charge in [0.25, 0.3) is 0 Å². The van der Waals surface area contributed by atoms with Crippen molar-refractivity contribution in [2.24, 2.45) is 0 Å². The van der Waals surface area contributed by atoms with E-state index < -0.39 is 0 Å². The topological polar surface area (TPSA) is 61.5 Å². The summed E-state index contributed by atoms with van der Waals surface area (Å²) in [6.45, 7) is 4.08. The normalized spacial score (nSPS) is 10.5. The number of aldehydes is 1. The lowest BCUT2D eigenvalue weighted by molar-refractivity contribution is 0.112. The molecule has 0 aliphatic heterocycles. The average Bonchev–Trinajstić information content (AvgIpc) is 3.15. The van der Waals surface area contributed by atoms with Crippen LogP contribution in [-0.2, 0) is 0 Å². The van der Waals surface area contributed by atoms with E-state index >= 15 is 0 Å². The lowest BCUT2D eigenvalue weighted by Gasteiger charge is -1.92. The van der Waals surface area contributed by atoms with Crippen molar-refractivity contribution < 1.29 is 4.79 Å². The number of nitrogens with one attached hydrogen (secondary N) is 2. The number of hydrogen-bond donors (Lipinski definition) is 2. The van der Waals surface area contributed by atoms with Gasteiger partial charge in [-0.1, -0.05) is 36.4 Å². The molecule has 0 saturated heterocycles. The lowest BCUT2D eigenvalue weighted by atomic mass is 10.1. The highest BCUT2D eigenvalue weighted by molar-refractivity contribution is 5.95. The Morgan fingerprint density at radius 3 is 2.55 bits per heavy atom. The van der Waals surface area contributed by atoms with Gasteiger partial charge in [-0.3, -0.25) is 9.89 Å². The molecule has 110 valence electrons. The van der Waals surface area contributed by atoms with Crippen LogP contribution in [0.4, 0.5) is 0 Å². The lowest BCUT2D eigenvalue weighted by Crippen LogP contribution is -1.78. The first-order chi connectivity index (χ1) is 10.7. The minimum absolute atomic E-state index is 0.550. The second-order valence-electron chi connectivity index (χ2n) is 5.24. The first kappa shape index (κ1) is 14.1. The molecule has 0 atom stereocenters. The molecule has 0 aliphatic carbocycles. The largest absolute Gasteiger partial charge is 0.361 e. The molecule has 22 heavy (non-hydrogen) atoms. The Kier molecular flexibility index (Phi) is 3.74. The maximum atomic E-state index is 10.5. The van der Waals surface area contributed by atoms with E-state index in [9.17, 15) is 4.79 Å². The van der Waals surface area contributed by atoms with E-state index in [1.165, 1.54) is 16.5 Å². The molecular formula is C18H17N3O. The van der Waals surface area contributed by atoms with E-state index in [0.717, 1.165) is 22.8 Å². The molecule has 2 aromatic carbocycles. The molecule has 0 radical (unpaired) electrons. The quantitative estimate of drug-likeness (QED) is 0.517. The second-order valence-corrected chi connectivity index (χ2v) is 5.24. The Labute approximate surface area is 128 Å². The highest BCUT2D eigenvalue weighted by atomic mass is 16.1. The van der Waals surface area contributed by atoms with Crippen LogP contribution in [0.2, 0.25) is 0 Å². The predicted octanol–water partition coefficient (Wildman–Crippen LogP) is 4.16. The van der Waals surface area contributed by atoms with Crippen molar-refractivity contribution in [3.05, 3.63) is 65.5 Å². The number of H-pyrrole nitrogens is 2. The van der Waals surface area contributed by atoms with Crippen LogP contribution in [0.25, 0.3) is 21.8 Å². The van der Waals surface area contributed by atoms with Gasteiger partial charge in [0.15, 0.2) is 6.29 Å². The van der Waals surface area contributed by atoms with Crippen LogP contribution in [0.5, 0.6) is 0 Å². The Balaban J connectivity index is 0.000000133. The summed E-state index contributed by atoms with van der Waals surface area (Å²) in [5.41, 5.74) is 5.06. The van der Waals surface area contributed by atoms with Gasteiger partial charge < -0.3 is 4.98 Å². The minimum Gasteiger partial charge on any atom is -0.361 e. The Hall–Kier alpha value is -2.88. The fraction of sp³-hybridized carbons (Fsp3) is 0.111. The second kappa shape index (κ2) is 5.85. The number of rotatable bonds is 1. The molecule has 0 bridgehead atoms. The Bertz CT molecular complexity index is 934. The van der Waals surface area contributed by atoms with Crippen molar-refractivity contribution in [1.29, 1.82) is 0 Å². The summed E-state index contributed by atoms with van der Waals surface area (Å²) in [6.07, 6.45) is 2.76. The highest BCUT2D eigenvalue weighted by Gasteiger charge is 2.04. The van der Waals surface area contributed by atoms with Crippen molar-refractivity contribution >= 4 is 28.1 Å². The number of aromatic amines is 2. The van der Waals surface area contributed by atoms with Crippen LogP contribution >= 0.6 is 0 Å². The zero-order valence-electron chi connectivity index (χ0n) is 12.6. The number of benzene rings is 2. The van der Waals surface area contributed by atoms with Crippen LogP contribution in [-0.4, -0.2) is 21.5 Å². The molecule has 4 heteroatoms. The number of aryl methyl sites for hydroxylation is 2. The van der Waals surface area contributed by atoms with Crippen LogP contribution in [0.3, 0.4) is 0 Å². The molecule has 2 heterocycles. The number of carbonyl (C=O) groups excluding carboxylic acids is 1. The van der Waals surface area contributed by atoms with Gasteiger partial charge in [0.1, 0.15) is 5.69 Å². The summed E-state index contributed by atoms with van der Waals surface area (Å²) in [5.74, 6) is 0. The smallest absolute Gasteiger partial charge is 0.168 e. The fourth-order valence-corrected chi connectivity index (χ4v) is 2.53. The van der Waals surface area contributed by atoms with E-state index in [2.05, 4.69) is 46.4 Å². The zero-order chi connectivity index (χ0) is 15.5. The van der Waals surface area contributed by atoms with Gasteiger partial charge in [0, 0.05) is 17.1 Å². The summed E-state index contributed by atoms with van der Waals surface area (Å²) >= 11 is 0. The molecule has 4 aromatic rings. The summed E-state index contributed by atoms with van der Waals surface area (Å²) in [5, 5.41) is 8.90. The maximum Gasteiger partial charge on any atom is 0.168 e. The molecule has 4 rings (SSSR count). The van der Waals surface area contributed by atoms with Crippen LogP contribution in [0, 0.1) is 13.8 Å². The number of fused-ring (bicyclic) bond motifs is 2. The van der Waals surface area contributed by atoms with Crippen molar-refractivity contribution in [1.82, 2.24) is 15.2 Å². The SMILES string of the molecule is Cc1cccc2c(C=O)[nH]nc12.Cc1cccc2cc[nH]c12. The summed E-state index contributed by atoms with van der Waals surface area (Å²) in [4.78, 5) is 13.7. The van der Waals surface area contributed by atoms with Crippen LogP contribution in [0.15, 0.2) is 48.7 Å². The van der Waals surface area contributed by atoms with Gasteiger partial charge in [-0.2, -0.15) is 5.10 Å². The third kappa shape index (κ3) is 2.51. The van der Waals surface area contributed by atoms with Crippen molar-refractivity contribution in [3.63, 3.8) is 0 Å². The zero-order valence-corrected chi connectivity index (χ0v) is 12.6. The molecule has 0 amide bonds. The minimum atomic E-state index is 0.550. The van der Waals surface area contributed by atoms with Crippen molar-refractivity contribution in [3.8, 4) is 0 Å². The van der Waals surface area contributed by atoms with E-state index in [0.29, 0.717) is 5.69 Å². The van der Waals surface area contributed by atoms with E-state index in [1.54, 1.807) is 0 Å². The summed E-state index contributed by atoms with van der Waals surface area (Å²) < 4.78 is 0. The molecule has 2 N–H and O–H groups in total. The highest BCUT2D eigenvalue weighted by Crippen LogP contribution is 2.17.